The van der Waals surface area contributed by atoms with E-state index in [9.17, 15) is 4.79 Å². The lowest BCUT2D eigenvalue weighted by Crippen LogP contribution is -2.05. The van der Waals surface area contributed by atoms with Crippen molar-refractivity contribution in [3.05, 3.63) is 52.7 Å². The predicted molar refractivity (Wildman–Crippen MR) is 96.3 cm³/mol. The maximum atomic E-state index is 12.5. The van der Waals surface area contributed by atoms with Crippen LogP contribution in [0.3, 0.4) is 0 Å². The van der Waals surface area contributed by atoms with E-state index in [0.29, 0.717) is 40.6 Å². The largest absolute Gasteiger partial charge is 0.493 e. The molecule has 1 fully saturated rings. The van der Waals surface area contributed by atoms with Gasteiger partial charge in [0.1, 0.15) is 29.8 Å². The van der Waals surface area contributed by atoms with Gasteiger partial charge in [-0.1, -0.05) is 0 Å². The average molecular weight is 354 g/mol. The van der Waals surface area contributed by atoms with Gasteiger partial charge in [0.25, 0.3) is 0 Å². The highest BCUT2D eigenvalue weighted by Crippen LogP contribution is 2.33. The molecule has 2 aromatic carbocycles. The average Bonchev–Trinajstić information content (AvgIpc) is 3.50. The minimum atomic E-state index is -0.117. The van der Waals surface area contributed by atoms with Crippen LogP contribution in [0.2, 0.25) is 0 Å². The van der Waals surface area contributed by atoms with Crippen LogP contribution in [0.4, 0.5) is 0 Å². The van der Waals surface area contributed by atoms with E-state index in [1.54, 1.807) is 44.6 Å². The fraction of sp³-hybridized carbons (Fsp3) is 0.250. The van der Waals surface area contributed by atoms with Gasteiger partial charge in [0.2, 0.25) is 0 Å². The Bertz CT molecular complexity index is 1000. The van der Waals surface area contributed by atoms with Gasteiger partial charge < -0.3 is 23.4 Å². The van der Waals surface area contributed by atoms with Gasteiger partial charge in [-0.05, 0) is 30.3 Å². The third kappa shape index (κ3) is 3.23. The lowest BCUT2D eigenvalue weighted by molar-refractivity contribution is 0.263. The highest BCUT2D eigenvalue weighted by molar-refractivity contribution is 5.80. The number of hydrogen-bond donors (Lipinski definition) is 0. The van der Waals surface area contributed by atoms with Crippen LogP contribution in [0, 0.1) is 0 Å². The number of hydrogen-bond acceptors (Lipinski definition) is 6. The van der Waals surface area contributed by atoms with E-state index in [-0.39, 0.29) is 11.5 Å². The maximum Gasteiger partial charge on any atom is 0.193 e. The molecule has 134 valence electrons. The lowest BCUT2D eigenvalue weighted by atomic mass is 10.1. The van der Waals surface area contributed by atoms with Crippen LogP contribution < -0.4 is 19.6 Å². The smallest absolute Gasteiger partial charge is 0.193 e. The van der Waals surface area contributed by atoms with E-state index in [0.717, 1.165) is 12.2 Å². The zero-order chi connectivity index (χ0) is 18.1. The van der Waals surface area contributed by atoms with Crippen LogP contribution in [0.15, 0.2) is 51.7 Å². The standard InChI is InChI=1S/C20H18O6/c1-22-17-6-3-12(7-20(17)23-2)18-9-16(21)15-5-4-13(8-19(15)26-18)24-10-14-11-25-14/h3-9,14H,10-11H2,1-2H3. The van der Waals surface area contributed by atoms with E-state index >= 15 is 0 Å². The molecular formula is C20H18O6. The Balaban J connectivity index is 1.73. The molecule has 1 aliphatic rings. The molecule has 1 aromatic heterocycles. The van der Waals surface area contributed by atoms with Crippen molar-refractivity contribution >= 4 is 11.0 Å². The summed E-state index contributed by atoms with van der Waals surface area (Å²) in [5.74, 6) is 2.26. The molecule has 6 heteroatoms. The summed E-state index contributed by atoms with van der Waals surface area (Å²) in [6, 6.07) is 12.0. The fourth-order valence-electron chi connectivity index (χ4n) is 2.71. The van der Waals surface area contributed by atoms with Crippen LogP contribution in [0.5, 0.6) is 17.2 Å². The summed E-state index contributed by atoms with van der Waals surface area (Å²) in [5.41, 5.74) is 1.07. The molecule has 0 amide bonds. The number of benzene rings is 2. The molecule has 26 heavy (non-hydrogen) atoms. The third-order valence-electron chi connectivity index (χ3n) is 4.21. The minimum absolute atomic E-state index is 0.117. The van der Waals surface area contributed by atoms with Crippen molar-refractivity contribution in [2.24, 2.45) is 0 Å². The Morgan fingerprint density at radius 3 is 2.58 bits per heavy atom. The van der Waals surface area contributed by atoms with E-state index in [4.69, 9.17) is 23.4 Å². The first-order valence-corrected chi connectivity index (χ1v) is 8.22. The zero-order valence-corrected chi connectivity index (χ0v) is 14.5. The predicted octanol–water partition coefficient (Wildman–Crippen LogP) is 3.25. The van der Waals surface area contributed by atoms with E-state index in [1.807, 2.05) is 6.07 Å². The Hall–Kier alpha value is -2.99. The van der Waals surface area contributed by atoms with Crippen LogP contribution in [-0.2, 0) is 4.74 Å². The summed E-state index contributed by atoms with van der Waals surface area (Å²) in [6.45, 7) is 1.22. The molecule has 1 atom stereocenters. The number of fused-ring (bicyclic) bond motifs is 1. The van der Waals surface area contributed by atoms with Crippen molar-refractivity contribution < 1.29 is 23.4 Å². The summed E-state index contributed by atoms with van der Waals surface area (Å²) < 4.78 is 27.3. The van der Waals surface area contributed by atoms with Gasteiger partial charge in [0, 0.05) is 17.7 Å². The molecule has 4 rings (SSSR count). The van der Waals surface area contributed by atoms with Gasteiger partial charge >= 0.3 is 0 Å². The number of rotatable bonds is 6. The van der Waals surface area contributed by atoms with Gasteiger partial charge in [-0.15, -0.1) is 0 Å². The summed E-state index contributed by atoms with van der Waals surface area (Å²) >= 11 is 0. The Kier molecular flexibility index (Phi) is 4.26. The molecule has 0 radical (unpaired) electrons. The van der Waals surface area contributed by atoms with Crippen molar-refractivity contribution in [2.45, 2.75) is 6.10 Å². The first-order valence-electron chi connectivity index (χ1n) is 8.22. The SMILES string of the molecule is COc1ccc(-c2cc(=O)c3ccc(OCC4CO4)cc3o2)cc1OC. The minimum Gasteiger partial charge on any atom is -0.493 e. The van der Waals surface area contributed by atoms with E-state index in [1.165, 1.54) is 6.07 Å². The molecule has 0 spiro atoms. The maximum absolute atomic E-state index is 12.5. The highest BCUT2D eigenvalue weighted by atomic mass is 16.6. The molecule has 0 saturated carbocycles. The number of methoxy groups -OCH3 is 2. The molecule has 0 N–H and O–H groups in total. The number of ether oxygens (including phenoxy) is 4. The quantitative estimate of drug-likeness (QED) is 0.633. The molecule has 1 aliphatic heterocycles. The second-order valence-electron chi connectivity index (χ2n) is 5.97. The fourth-order valence-corrected chi connectivity index (χ4v) is 2.71. The topological polar surface area (TPSA) is 70.4 Å². The van der Waals surface area contributed by atoms with Crippen molar-refractivity contribution in [3.63, 3.8) is 0 Å². The summed E-state index contributed by atoms with van der Waals surface area (Å²) in [4.78, 5) is 12.5. The van der Waals surface area contributed by atoms with Crippen LogP contribution >= 0.6 is 0 Å². The molecule has 1 unspecified atom stereocenters. The molecule has 0 aliphatic carbocycles. The summed E-state index contributed by atoms with van der Waals surface area (Å²) in [7, 11) is 3.13. The van der Waals surface area contributed by atoms with Crippen molar-refractivity contribution in [3.8, 4) is 28.6 Å². The monoisotopic (exact) mass is 354 g/mol. The Labute approximate surface area is 149 Å². The Morgan fingerprint density at radius 1 is 1.04 bits per heavy atom. The van der Waals surface area contributed by atoms with Crippen LogP contribution in [-0.4, -0.2) is 33.5 Å². The van der Waals surface area contributed by atoms with E-state index in [2.05, 4.69) is 0 Å². The first-order chi connectivity index (χ1) is 12.7. The van der Waals surface area contributed by atoms with Crippen LogP contribution in [0.1, 0.15) is 0 Å². The molecule has 3 aromatic rings. The number of epoxide rings is 1. The normalized spacial score (nSPS) is 15.7. The summed E-state index contributed by atoms with van der Waals surface area (Å²) in [5, 5.41) is 0.504. The van der Waals surface area contributed by atoms with Crippen molar-refractivity contribution in [1.82, 2.24) is 0 Å². The molecule has 1 saturated heterocycles. The van der Waals surface area contributed by atoms with E-state index < -0.39 is 0 Å². The third-order valence-corrected chi connectivity index (χ3v) is 4.21. The molecule has 0 bridgehead atoms. The van der Waals surface area contributed by atoms with Crippen LogP contribution in [0.25, 0.3) is 22.3 Å². The first kappa shape index (κ1) is 16.5. The van der Waals surface area contributed by atoms with Gasteiger partial charge in [-0.2, -0.15) is 0 Å². The van der Waals surface area contributed by atoms with Gasteiger partial charge in [0.05, 0.1) is 26.2 Å². The highest BCUT2D eigenvalue weighted by Gasteiger charge is 2.23. The van der Waals surface area contributed by atoms with Gasteiger partial charge in [0.15, 0.2) is 16.9 Å². The second kappa shape index (κ2) is 6.72. The molecule has 6 nitrogen and oxygen atoms in total. The summed E-state index contributed by atoms with van der Waals surface area (Å²) in [6.07, 6.45) is 0.163. The van der Waals surface area contributed by atoms with Gasteiger partial charge in [-0.25, -0.2) is 0 Å². The van der Waals surface area contributed by atoms with Crippen molar-refractivity contribution in [1.29, 1.82) is 0 Å². The second-order valence-corrected chi connectivity index (χ2v) is 5.97. The van der Waals surface area contributed by atoms with Gasteiger partial charge in [-0.3, -0.25) is 4.79 Å². The molecule has 2 heterocycles. The lowest BCUT2D eigenvalue weighted by Gasteiger charge is -2.10. The zero-order valence-electron chi connectivity index (χ0n) is 14.5. The van der Waals surface area contributed by atoms with Crippen molar-refractivity contribution in [2.75, 3.05) is 27.4 Å². The Morgan fingerprint density at radius 2 is 1.85 bits per heavy atom. The molecular weight excluding hydrogens is 336 g/mol.